The van der Waals surface area contributed by atoms with Gasteiger partial charge in [0.25, 0.3) is 0 Å². The summed E-state index contributed by atoms with van der Waals surface area (Å²) in [6.07, 6.45) is 0. The monoisotopic (exact) mass is 274 g/mol. The lowest BCUT2D eigenvalue weighted by Gasteiger charge is -2.09. The van der Waals surface area contributed by atoms with Crippen molar-refractivity contribution in [1.82, 2.24) is 9.97 Å². The van der Waals surface area contributed by atoms with Gasteiger partial charge in [0.15, 0.2) is 23.0 Å². The van der Waals surface area contributed by atoms with Gasteiger partial charge in [-0.3, -0.25) is 0 Å². The average molecular weight is 274 g/mol. The fourth-order valence-electron chi connectivity index (χ4n) is 1.78. The first-order chi connectivity index (χ1) is 9.55. The van der Waals surface area contributed by atoms with Gasteiger partial charge in [-0.05, 0) is 31.2 Å². The highest BCUT2D eigenvalue weighted by atomic mass is 16.5. The SMILES string of the molecule is COc1ccc(-c2nc(C)cc(C(=O)O)n2)cc1OC. The predicted molar refractivity (Wildman–Crippen MR) is 72.3 cm³/mol. The summed E-state index contributed by atoms with van der Waals surface area (Å²) in [5, 5.41) is 9.03. The van der Waals surface area contributed by atoms with Crippen molar-refractivity contribution in [2.75, 3.05) is 14.2 Å². The lowest BCUT2D eigenvalue weighted by atomic mass is 10.1. The minimum absolute atomic E-state index is 0.0396. The van der Waals surface area contributed by atoms with Crippen molar-refractivity contribution in [2.45, 2.75) is 6.92 Å². The molecule has 0 saturated heterocycles. The first kappa shape index (κ1) is 13.8. The van der Waals surface area contributed by atoms with Crippen LogP contribution in [0.3, 0.4) is 0 Å². The molecule has 0 atom stereocenters. The second-order valence-corrected chi connectivity index (χ2v) is 4.09. The van der Waals surface area contributed by atoms with Gasteiger partial charge in [-0.15, -0.1) is 0 Å². The highest BCUT2D eigenvalue weighted by Crippen LogP contribution is 2.31. The van der Waals surface area contributed by atoms with E-state index in [0.717, 1.165) is 0 Å². The third kappa shape index (κ3) is 2.69. The number of carboxylic acids is 1. The van der Waals surface area contributed by atoms with Crippen molar-refractivity contribution >= 4 is 5.97 Å². The molecule has 0 amide bonds. The molecule has 0 spiro atoms. The third-order valence-corrected chi connectivity index (χ3v) is 2.72. The van der Waals surface area contributed by atoms with E-state index in [1.165, 1.54) is 13.2 Å². The van der Waals surface area contributed by atoms with E-state index in [9.17, 15) is 4.79 Å². The van der Waals surface area contributed by atoms with Crippen LogP contribution in [0.15, 0.2) is 24.3 Å². The molecule has 0 bridgehead atoms. The molecule has 6 heteroatoms. The quantitative estimate of drug-likeness (QED) is 0.920. The Kier molecular flexibility index (Phi) is 3.84. The highest BCUT2D eigenvalue weighted by Gasteiger charge is 2.12. The molecular weight excluding hydrogens is 260 g/mol. The number of ether oxygens (including phenoxy) is 2. The minimum atomic E-state index is -1.09. The average Bonchev–Trinajstić information content (AvgIpc) is 2.45. The Morgan fingerprint density at radius 1 is 1.10 bits per heavy atom. The number of hydrogen-bond acceptors (Lipinski definition) is 5. The number of carboxylic acid groups (broad SMARTS) is 1. The Balaban J connectivity index is 2.53. The predicted octanol–water partition coefficient (Wildman–Crippen LogP) is 2.17. The van der Waals surface area contributed by atoms with E-state index >= 15 is 0 Å². The number of methoxy groups -OCH3 is 2. The van der Waals surface area contributed by atoms with E-state index in [2.05, 4.69) is 9.97 Å². The van der Waals surface area contributed by atoms with Crippen molar-refractivity contribution in [2.24, 2.45) is 0 Å². The fourth-order valence-corrected chi connectivity index (χ4v) is 1.78. The lowest BCUT2D eigenvalue weighted by molar-refractivity contribution is 0.0690. The van der Waals surface area contributed by atoms with E-state index in [-0.39, 0.29) is 5.69 Å². The van der Waals surface area contributed by atoms with Gasteiger partial charge in [0.1, 0.15) is 0 Å². The maximum atomic E-state index is 11.0. The van der Waals surface area contributed by atoms with Crippen molar-refractivity contribution < 1.29 is 19.4 Å². The number of rotatable bonds is 4. The standard InChI is InChI=1S/C14H14N2O4/c1-8-6-10(14(17)18)16-13(15-8)9-4-5-11(19-2)12(7-9)20-3/h4-7H,1-3H3,(H,17,18). The number of aromatic nitrogens is 2. The van der Waals surface area contributed by atoms with E-state index in [1.807, 2.05) is 0 Å². The van der Waals surface area contributed by atoms with Crippen LogP contribution in [-0.4, -0.2) is 35.3 Å². The zero-order valence-corrected chi connectivity index (χ0v) is 11.4. The molecule has 104 valence electrons. The van der Waals surface area contributed by atoms with Gasteiger partial charge in [0, 0.05) is 11.3 Å². The normalized spacial score (nSPS) is 10.2. The topological polar surface area (TPSA) is 81.5 Å². The molecule has 1 aromatic heterocycles. The number of carbonyl (C=O) groups is 1. The molecule has 1 N–H and O–H groups in total. The van der Waals surface area contributed by atoms with E-state index in [0.29, 0.717) is 28.6 Å². The van der Waals surface area contributed by atoms with Crippen molar-refractivity contribution in [3.63, 3.8) is 0 Å². The number of hydrogen-bond donors (Lipinski definition) is 1. The fraction of sp³-hybridized carbons (Fsp3) is 0.214. The second kappa shape index (κ2) is 5.56. The summed E-state index contributed by atoms with van der Waals surface area (Å²) in [7, 11) is 3.07. The number of aryl methyl sites for hydroxylation is 1. The van der Waals surface area contributed by atoms with Crippen LogP contribution in [0.1, 0.15) is 16.2 Å². The first-order valence-corrected chi connectivity index (χ1v) is 5.86. The Labute approximate surface area is 116 Å². The maximum Gasteiger partial charge on any atom is 0.354 e. The zero-order chi connectivity index (χ0) is 14.7. The summed E-state index contributed by atoms with van der Waals surface area (Å²) in [5.41, 5.74) is 1.21. The lowest BCUT2D eigenvalue weighted by Crippen LogP contribution is -2.04. The molecule has 6 nitrogen and oxygen atoms in total. The second-order valence-electron chi connectivity index (χ2n) is 4.09. The molecule has 0 aliphatic rings. The summed E-state index contributed by atoms with van der Waals surface area (Å²) < 4.78 is 10.4. The summed E-state index contributed by atoms with van der Waals surface area (Å²) in [6, 6.07) is 6.61. The zero-order valence-electron chi connectivity index (χ0n) is 11.4. The third-order valence-electron chi connectivity index (χ3n) is 2.72. The first-order valence-electron chi connectivity index (χ1n) is 5.86. The summed E-state index contributed by atoms with van der Waals surface area (Å²) in [4.78, 5) is 19.3. The molecule has 1 aromatic carbocycles. The van der Waals surface area contributed by atoms with Crippen LogP contribution >= 0.6 is 0 Å². The Hall–Kier alpha value is -2.63. The number of aromatic carboxylic acids is 1. The van der Waals surface area contributed by atoms with Crippen LogP contribution in [0.25, 0.3) is 11.4 Å². The molecule has 0 unspecified atom stereocenters. The van der Waals surface area contributed by atoms with Gasteiger partial charge in [-0.2, -0.15) is 0 Å². The maximum absolute atomic E-state index is 11.0. The Morgan fingerprint density at radius 2 is 1.80 bits per heavy atom. The summed E-state index contributed by atoms with van der Waals surface area (Å²) in [5.74, 6) is 0.370. The number of benzene rings is 1. The molecule has 1 heterocycles. The molecular formula is C14H14N2O4. The smallest absolute Gasteiger partial charge is 0.354 e. The van der Waals surface area contributed by atoms with E-state index < -0.39 is 5.97 Å². The van der Waals surface area contributed by atoms with Gasteiger partial charge in [0.05, 0.1) is 14.2 Å². The number of nitrogens with zero attached hydrogens (tertiary/aromatic N) is 2. The molecule has 0 saturated carbocycles. The van der Waals surface area contributed by atoms with Crippen LogP contribution < -0.4 is 9.47 Å². The van der Waals surface area contributed by atoms with Gasteiger partial charge in [0.2, 0.25) is 0 Å². The molecule has 2 rings (SSSR count). The molecule has 2 aromatic rings. The van der Waals surface area contributed by atoms with Crippen molar-refractivity contribution in [3.8, 4) is 22.9 Å². The van der Waals surface area contributed by atoms with Crippen molar-refractivity contribution in [3.05, 3.63) is 35.7 Å². The molecule has 0 fully saturated rings. The Bertz CT molecular complexity index is 656. The van der Waals surface area contributed by atoms with Crippen LogP contribution in [0, 0.1) is 6.92 Å². The van der Waals surface area contributed by atoms with Crippen LogP contribution in [0.5, 0.6) is 11.5 Å². The minimum Gasteiger partial charge on any atom is -0.493 e. The summed E-state index contributed by atoms with van der Waals surface area (Å²) in [6.45, 7) is 1.72. The van der Waals surface area contributed by atoms with Crippen LogP contribution in [-0.2, 0) is 0 Å². The Morgan fingerprint density at radius 3 is 2.40 bits per heavy atom. The van der Waals surface area contributed by atoms with E-state index in [1.54, 1.807) is 32.2 Å². The highest BCUT2D eigenvalue weighted by molar-refractivity contribution is 5.86. The van der Waals surface area contributed by atoms with Gasteiger partial charge in [-0.1, -0.05) is 0 Å². The van der Waals surface area contributed by atoms with Gasteiger partial charge >= 0.3 is 5.97 Å². The van der Waals surface area contributed by atoms with E-state index in [4.69, 9.17) is 14.6 Å². The summed E-state index contributed by atoms with van der Waals surface area (Å²) >= 11 is 0. The van der Waals surface area contributed by atoms with Gasteiger partial charge in [-0.25, -0.2) is 14.8 Å². The molecule has 0 aliphatic heterocycles. The van der Waals surface area contributed by atoms with Gasteiger partial charge < -0.3 is 14.6 Å². The van der Waals surface area contributed by atoms with Crippen LogP contribution in [0.2, 0.25) is 0 Å². The molecule has 0 radical (unpaired) electrons. The largest absolute Gasteiger partial charge is 0.493 e. The molecule has 20 heavy (non-hydrogen) atoms. The van der Waals surface area contributed by atoms with Crippen LogP contribution in [0.4, 0.5) is 0 Å². The molecule has 0 aliphatic carbocycles. The van der Waals surface area contributed by atoms with Crippen molar-refractivity contribution in [1.29, 1.82) is 0 Å².